The lowest BCUT2D eigenvalue weighted by atomic mass is 10.0. The van der Waals surface area contributed by atoms with Gasteiger partial charge in [0.2, 0.25) is 0 Å². The molecule has 0 aliphatic rings. The molecular weight excluding hydrogens is 508 g/mol. The minimum Gasteiger partial charge on any atom is -0.493 e. The Balaban J connectivity index is 1.52. The largest absolute Gasteiger partial charge is 0.493 e. The lowest BCUT2D eigenvalue weighted by Crippen LogP contribution is -2.30. The summed E-state index contributed by atoms with van der Waals surface area (Å²) in [5.74, 6) is 1.02. The van der Waals surface area contributed by atoms with Gasteiger partial charge in [-0.05, 0) is 23.8 Å². The number of amides is 1. The smallest absolute Gasteiger partial charge is 0.261 e. The number of thiazole rings is 1. The molecule has 3 heterocycles. The van der Waals surface area contributed by atoms with Crippen LogP contribution in [-0.2, 0) is 6.54 Å². The highest BCUT2D eigenvalue weighted by atomic mass is 32.1. The van der Waals surface area contributed by atoms with Crippen LogP contribution in [0.15, 0.2) is 97.3 Å². The molecule has 0 radical (unpaired) electrons. The maximum atomic E-state index is 14.5. The first-order valence-electron chi connectivity index (χ1n) is 12.3. The second kappa shape index (κ2) is 10.5. The lowest BCUT2D eigenvalue weighted by molar-refractivity contribution is 0.0986. The van der Waals surface area contributed by atoms with Gasteiger partial charge in [-0.25, -0.2) is 9.97 Å². The molecule has 0 unspecified atom stereocenters. The second-order valence-electron chi connectivity index (χ2n) is 8.86. The van der Waals surface area contributed by atoms with E-state index in [1.54, 1.807) is 31.5 Å². The van der Waals surface area contributed by atoms with Crippen LogP contribution in [0.5, 0.6) is 11.5 Å². The van der Waals surface area contributed by atoms with Crippen molar-refractivity contribution in [1.82, 2.24) is 15.0 Å². The Morgan fingerprint density at radius 3 is 2.38 bits per heavy atom. The Labute approximate surface area is 229 Å². The van der Waals surface area contributed by atoms with E-state index < -0.39 is 0 Å². The molecule has 0 bridgehead atoms. The van der Waals surface area contributed by atoms with Crippen molar-refractivity contribution in [1.29, 1.82) is 0 Å². The molecular formula is C31H24N4O3S. The number of benzene rings is 3. The molecule has 0 spiro atoms. The van der Waals surface area contributed by atoms with Crippen molar-refractivity contribution < 1.29 is 14.3 Å². The average Bonchev–Trinajstić information content (AvgIpc) is 3.41. The number of aromatic nitrogens is 3. The average molecular weight is 533 g/mol. The summed E-state index contributed by atoms with van der Waals surface area (Å²) in [6.07, 6.45) is 3.48. The third kappa shape index (κ3) is 4.78. The van der Waals surface area contributed by atoms with Gasteiger partial charge in [-0.15, -0.1) is 0 Å². The molecule has 39 heavy (non-hydrogen) atoms. The van der Waals surface area contributed by atoms with Crippen molar-refractivity contribution in [2.24, 2.45) is 0 Å². The van der Waals surface area contributed by atoms with Crippen LogP contribution >= 0.6 is 11.3 Å². The molecule has 7 nitrogen and oxygen atoms in total. The van der Waals surface area contributed by atoms with Crippen molar-refractivity contribution in [3.63, 3.8) is 0 Å². The van der Waals surface area contributed by atoms with E-state index in [0.29, 0.717) is 28.7 Å². The number of hydrogen-bond donors (Lipinski definition) is 0. The summed E-state index contributed by atoms with van der Waals surface area (Å²) in [5, 5.41) is 1.35. The van der Waals surface area contributed by atoms with Gasteiger partial charge in [-0.1, -0.05) is 65.9 Å². The molecule has 3 aromatic heterocycles. The fourth-order valence-electron chi connectivity index (χ4n) is 4.51. The van der Waals surface area contributed by atoms with Gasteiger partial charge in [0.05, 0.1) is 47.8 Å². The third-order valence-corrected chi connectivity index (χ3v) is 7.48. The van der Waals surface area contributed by atoms with E-state index in [0.717, 1.165) is 37.9 Å². The maximum absolute atomic E-state index is 14.5. The van der Waals surface area contributed by atoms with Gasteiger partial charge in [0.15, 0.2) is 16.6 Å². The van der Waals surface area contributed by atoms with Crippen molar-refractivity contribution in [3.8, 4) is 22.8 Å². The van der Waals surface area contributed by atoms with Gasteiger partial charge >= 0.3 is 0 Å². The van der Waals surface area contributed by atoms with E-state index in [-0.39, 0.29) is 5.91 Å². The molecule has 0 saturated heterocycles. The normalized spacial score (nSPS) is 11.0. The topological polar surface area (TPSA) is 77.4 Å². The van der Waals surface area contributed by atoms with E-state index in [1.165, 1.54) is 11.3 Å². The molecule has 0 aliphatic heterocycles. The summed E-state index contributed by atoms with van der Waals surface area (Å²) in [4.78, 5) is 30.1. The van der Waals surface area contributed by atoms with Crippen LogP contribution < -0.4 is 14.4 Å². The van der Waals surface area contributed by atoms with Crippen molar-refractivity contribution in [3.05, 3.63) is 108 Å². The molecule has 0 fully saturated rings. The maximum Gasteiger partial charge on any atom is 0.261 e. The first kappa shape index (κ1) is 24.5. The molecule has 0 aliphatic carbocycles. The molecule has 6 rings (SSSR count). The number of nitrogens with zero attached hydrogens (tertiary/aromatic N) is 4. The Hall–Kier alpha value is -4.82. The first-order chi connectivity index (χ1) is 19.1. The number of carbonyl (C=O) groups excluding carboxylic acids is 1. The van der Waals surface area contributed by atoms with Gasteiger partial charge in [-0.3, -0.25) is 14.7 Å². The third-order valence-electron chi connectivity index (χ3n) is 6.44. The van der Waals surface area contributed by atoms with Gasteiger partial charge < -0.3 is 9.47 Å². The van der Waals surface area contributed by atoms with Gasteiger partial charge in [0.25, 0.3) is 5.91 Å². The highest BCUT2D eigenvalue weighted by Gasteiger charge is 2.25. The molecule has 192 valence electrons. The Bertz CT molecular complexity index is 1750. The SMILES string of the molecule is COc1cc2nc(N(Cc3cccnc3)C(=O)c3cc(-c4ccccc4)nc4ccccc34)sc2cc1OC. The van der Waals surface area contributed by atoms with E-state index >= 15 is 0 Å². The first-order valence-corrected chi connectivity index (χ1v) is 13.1. The van der Waals surface area contributed by atoms with Crippen molar-refractivity contribution >= 4 is 43.5 Å². The van der Waals surface area contributed by atoms with Crippen molar-refractivity contribution in [2.75, 3.05) is 19.1 Å². The highest BCUT2D eigenvalue weighted by Crippen LogP contribution is 2.38. The summed E-state index contributed by atoms with van der Waals surface area (Å²) in [6.45, 7) is 0.304. The summed E-state index contributed by atoms with van der Waals surface area (Å²) in [5.41, 5.74) is 4.59. The number of anilines is 1. The van der Waals surface area contributed by atoms with Crippen LogP contribution in [0.25, 0.3) is 32.4 Å². The Kier molecular flexibility index (Phi) is 6.61. The zero-order valence-electron chi connectivity index (χ0n) is 21.4. The quantitative estimate of drug-likeness (QED) is 0.226. The van der Waals surface area contributed by atoms with Crippen LogP contribution in [0.1, 0.15) is 15.9 Å². The van der Waals surface area contributed by atoms with Crippen LogP contribution in [0, 0.1) is 0 Å². The monoisotopic (exact) mass is 532 g/mol. The number of methoxy groups -OCH3 is 2. The van der Waals surface area contributed by atoms with Gasteiger partial charge in [0, 0.05) is 35.5 Å². The molecule has 1 amide bonds. The molecule has 3 aromatic carbocycles. The predicted octanol–water partition coefficient (Wildman–Crippen LogP) is 6.77. The fraction of sp³-hybridized carbons (Fsp3) is 0.0968. The van der Waals surface area contributed by atoms with Crippen LogP contribution in [0.3, 0.4) is 0 Å². The number of hydrogen-bond acceptors (Lipinski definition) is 7. The Morgan fingerprint density at radius 2 is 1.62 bits per heavy atom. The molecule has 0 saturated carbocycles. The number of carbonyl (C=O) groups is 1. The molecule has 0 N–H and O–H groups in total. The van der Waals surface area contributed by atoms with E-state index in [9.17, 15) is 4.79 Å². The fourth-order valence-corrected chi connectivity index (χ4v) is 5.49. The summed E-state index contributed by atoms with van der Waals surface area (Å²) in [7, 11) is 3.19. The lowest BCUT2D eigenvalue weighted by Gasteiger charge is -2.21. The highest BCUT2D eigenvalue weighted by molar-refractivity contribution is 7.22. The zero-order valence-corrected chi connectivity index (χ0v) is 22.2. The summed E-state index contributed by atoms with van der Waals surface area (Å²) < 4.78 is 11.8. The minimum absolute atomic E-state index is 0.173. The van der Waals surface area contributed by atoms with E-state index in [2.05, 4.69) is 4.98 Å². The second-order valence-corrected chi connectivity index (χ2v) is 9.87. The van der Waals surface area contributed by atoms with E-state index in [1.807, 2.05) is 84.9 Å². The standard InChI is InChI=1S/C31H24N4O3S/c1-37-27-16-26-29(17-28(27)38-2)39-31(34-26)35(19-20-9-8-14-32-18-20)30(36)23-15-25(21-10-4-3-5-11-21)33-24-13-7-6-12-22(23)24/h3-18H,19H2,1-2H3. The molecule has 8 heteroatoms. The van der Waals surface area contributed by atoms with Gasteiger partial charge in [-0.2, -0.15) is 0 Å². The molecule has 0 atom stereocenters. The zero-order chi connectivity index (χ0) is 26.8. The number of rotatable bonds is 7. The number of ether oxygens (including phenoxy) is 2. The Morgan fingerprint density at radius 1 is 0.846 bits per heavy atom. The summed E-state index contributed by atoms with van der Waals surface area (Å²) in [6, 6.07) is 27.0. The van der Waals surface area contributed by atoms with Crippen LogP contribution in [-0.4, -0.2) is 35.1 Å². The van der Waals surface area contributed by atoms with Gasteiger partial charge in [0.1, 0.15) is 0 Å². The predicted molar refractivity (Wildman–Crippen MR) is 155 cm³/mol. The number of fused-ring (bicyclic) bond motifs is 2. The van der Waals surface area contributed by atoms with Crippen LogP contribution in [0.4, 0.5) is 5.13 Å². The minimum atomic E-state index is -0.173. The molecule has 6 aromatic rings. The number of pyridine rings is 2. The number of para-hydroxylation sites is 1. The van der Waals surface area contributed by atoms with Crippen molar-refractivity contribution in [2.45, 2.75) is 6.54 Å². The van der Waals surface area contributed by atoms with Crippen LogP contribution in [0.2, 0.25) is 0 Å². The van der Waals surface area contributed by atoms with E-state index in [4.69, 9.17) is 19.4 Å². The summed E-state index contributed by atoms with van der Waals surface area (Å²) >= 11 is 1.42.